The van der Waals surface area contributed by atoms with Crippen LogP contribution in [0.25, 0.3) is 0 Å². The first-order chi connectivity index (χ1) is 11.5. The van der Waals surface area contributed by atoms with E-state index in [0.29, 0.717) is 22.8 Å². The molecule has 1 aromatic carbocycles. The maximum atomic E-state index is 12.1. The van der Waals surface area contributed by atoms with E-state index in [2.05, 4.69) is 26.8 Å². The van der Waals surface area contributed by atoms with Crippen molar-refractivity contribution in [1.29, 1.82) is 0 Å². The lowest BCUT2D eigenvalue weighted by Gasteiger charge is -2.29. The normalized spacial score (nSPS) is 22.1. The Balaban J connectivity index is 1.80. The third-order valence-corrected chi connectivity index (χ3v) is 6.10. The molecule has 0 heterocycles. The lowest BCUT2D eigenvalue weighted by atomic mass is 9.86. The number of carbonyl (C=O) groups is 1. The molecule has 0 radical (unpaired) electrons. The standard InChI is InChI=1S/C20H29NO2S/c1-14(2)17-10-9-15(3)19(11-17)24-13-18(21)20(22)23-12-16-7-5-4-6-8-16/h4-8,11,14-15,18-19H,9-10,12-13,21H2,1-3H3/t15?,18-,19?/m0/s1. The van der Waals surface area contributed by atoms with E-state index in [9.17, 15) is 4.79 Å². The molecule has 0 aliphatic heterocycles. The van der Waals surface area contributed by atoms with Crippen LogP contribution in [0, 0.1) is 11.8 Å². The Labute approximate surface area is 150 Å². The summed E-state index contributed by atoms with van der Waals surface area (Å²) in [6.45, 7) is 7.06. The average molecular weight is 348 g/mol. The highest BCUT2D eigenvalue weighted by Crippen LogP contribution is 2.34. The van der Waals surface area contributed by atoms with Gasteiger partial charge in [0.2, 0.25) is 0 Å². The highest BCUT2D eigenvalue weighted by molar-refractivity contribution is 8.00. The lowest BCUT2D eigenvalue weighted by Crippen LogP contribution is -2.35. The van der Waals surface area contributed by atoms with Gasteiger partial charge in [-0.25, -0.2) is 0 Å². The molecular weight excluding hydrogens is 318 g/mol. The van der Waals surface area contributed by atoms with E-state index in [4.69, 9.17) is 10.5 Å². The van der Waals surface area contributed by atoms with Crippen LogP contribution in [-0.4, -0.2) is 23.0 Å². The van der Waals surface area contributed by atoms with E-state index in [1.807, 2.05) is 30.3 Å². The number of benzene rings is 1. The number of hydrogen-bond donors (Lipinski definition) is 1. The highest BCUT2D eigenvalue weighted by Gasteiger charge is 2.25. The zero-order valence-corrected chi connectivity index (χ0v) is 15.7. The van der Waals surface area contributed by atoms with Gasteiger partial charge in [0.05, 0.1) is 0 Å². The van der Waals surface area contributed by atoms with Crippen LogP contribution in [0.2, 0.25) is 0 Å². The number of allylic oxidation sites excluding steroid dienone is 1. The van der Waals surface area contributed by atoms with Crippen LogP contribution in [0.5, 0.6) is 0 Å². The molecule has 1 aliphatic rings. The third-order valence-electron chi connectivity index (χ3n) is 4.56. The SMILES string of the molecule is CC(C)C1=CC(SC[C@H](N)C(=O)OCc2ccccc2)C(C)CC1. The Kier molecular flexibility index (Phi) is 7.38. The van der Waals surface area contributed by atoms with Crippen molar-refractivity contribution in [2.75, 3.05) is 5.75 Å². The highest BCUT2D eigenvalue weighted by atomic mass is 32.2. The molecule has 2 rings (SSSR count). The zero-order valence-electron chi connectivity index (χ0n) is 14.9. The summed E-state index contributed by atoms with van der Waals surface area (Å²) < 4.78 is 5.32. The van der Waals surface area contributed by atoms with E-state index in [1.165, 1.54) is 18.4 Å². The lowest BCUT2D eigenvalue weighted by molar-refractivity contribution is -0.145. The molecule has 4 heteroatoms. The zero-order chi connectivity index (χ0) is 17.5. The molecule has 3 atom stereocenters. The quantitative estimate of drug-likeness (QED) is 0.594. The minimum Gasteiger partial charge on any atom is -0.460 e. The molecule has 3 nitrogen and oxygen atoms in total. The van der Waals surface area contributed by atoms with E-state index in [1.54, 1.807) is 11.8 Å². The Morgan fingerprint density at radius 2 is 2.04 bits per heavy atom. The van der Waals surface area contributed by atoms with Gasteiger partial charge in [-0.05, 0) is 30.2 Å². The van der Waals surface area contributed by atoms with Gasteiger partial charge in [0.25, 0.3) is 0 Å². The fraction of sp³-hybridized carbons (Fsp3) is 0.550. The largest absolute Gasteiger partial charge is 0.460 e. The van der Waals surface area contributed by atoms with Crippen molar-refractivity contribution in [2.45, 2.75) is 51.5 Å². The van der Waals surface area contributed by atoms with Crippen molar-refractivity contribution < 1.29 is 9.53 Å². The third kappa shape index (κ3) is 5.67. The number of ether oxygens (including phenoxy) is 1. The summed E-state index contributed by atoms with van der Waals surface area (Å²) in [5, 5.41) is 0.448. The van der Waals surface area contributed by atoms with Gasteiger partial charge in [0, 0.05) is 11.0 Å². The van der Waals surface area contributed by atoms with Gasteiger partial charge in [0.1, 0.15) is 12.6 Å². The van der Waals surface area contributed by atoms with Crippen molar-refractivity contribution in [3.05, 3.63) is 47.5 Å². The van der Waals surface area contributed by atoms with Gasteiger partial charge in [-0.3, -0.25) is 4.79 Å². The first-order valence-electron chi connectivity index (χ1n) is 8.75. The number of carbonyl (C=O) groups excluding carboxylic acids is 1. The Hall–Kier alpha value is -1.26. The fourth-order valence-electron chi connectivity index (χ4n) is 2.83. The van der Waals surface area contributed by atoms with E-state index >= 15 is 0 Å². The van der Waals surface area contributed by atoms with Crippen LogP contribution in [0.1, 0.15) is 39.2 Å². The van der Waals surface area contributed by atoms with Crippen molar-refractivity contribution >= 4 is 17.7 Å². The predicted octanol–water partition coefficient (Wildman–Crippen LogP) is 4.17. The van der Waals surface area contributed by atoms with Gasteiger partial charge in [-0.15, -0.1) is 0 Å². The van der Waals surface area contributed by atoms with Crippen LogP contribution in [-0.2, 0) is 16.1 Å². The maximum absolute atomic E-state index is 12.1. The molecule has 1 aromatic rings. The molecule has 24 heavy (non-hydrogen) atoms. The summed E-state index contributed by atoms with van der Waals surface area (Å²) >= 11 is 1.78. The summed E-state index contributed by atoms with van der Waals surface area (Å²) in [5.74, 6) is 1.52. The molecular formula is C20H29NO2S. The van der Waals surface area contributed by atoms with Gasteiger partial charge < -0.3 is 10.5 Å². The second kappa shape index (κ2) is 9.28. The van der Waals surface area contributed by atoms with E-state index < -0.39 is 6.04 Å². The first kappa shape index (κ1) is 19.1. The average Bonchev–Trinajstić information content (AvgIpc) is 2.59. The van der Waals surface area contributed by atoms with Crippen LogP contribution in [0.15, 0.2) is 42.0 Å². The smallest absolute Gasteiger partial charge is 0.324 e. The second-order valence-corrected chi connectivity index (χ2v) is 8.12. The molecule has 1 aliphatic carbocycles. The molecule has 0 saturated carbocycles. The van der Waals surface area contributed by atoms with Gasteiger partial charge in [-0.1, -0.05) is 62.8 Å². The molecule has 0 saturated heterocycles. The van der Waals surface area contributed by atoms with Crippen molar-refractivity contribution in [2.24, 2.45) is 17.6 Å². The number of rotatable bonds is 7. The summed E-state index contributed by atoms with van der Waals surface area (Å²) in [5.41, 5.74) is 8.54. The van der Waals surface area contributed by atoms with Gasteiger partial charge in [0.15, 0.2) is 0 Å². The van der Waals surface area contributed by atoms with Crippen molar-refractivity contribution in [3.8, 4) is 0 Å². The molecule has 0 bridgehead atoms. The maximum Gasteiger partial charge on any atom is 0.324 e. The summed E-state index contributed by atoms with van der Waals surface area (Å²) in [7, 11) is 0. The van der Waals surface area contributed by atoms with Gasteiger partial charge in [-0.2, -0.15) is 11.8 Å². The van der Waals surface area contributed by atoms with Crippen LogP contribution < -0.4 is 5.73 Å². The fourth-order valence-corrected chi connectivity index (χ4v) is 4.13. The summed E-state index contributed by atoms with van der Waals surface area (Å²) in [6, 6.07) is 9.12. The minimum absolute atomic E-state index is 0.287. The van der Waals surface area contributed by atoms with Crippen LogP contribution >= 0.6 is 11.8 Å². The van der Waals surface area contributed by atoms with E-state index in [-0.39, 0.29) is 12.6 Å². The topological polar surface area (TPSA) is 52.3 Å². The molecule has 2 unspecified atom stereocenters. The Morgan fingerprint density at radius 3 is 2.71 bits per heavy atom. The number of esters is 1. The Morgan fingerprint density at radius 1 is 1.33 bits per heavy atom. The number of hydrogen-bond acceptors (Lipinski definition) is 4. The molecule has 0 fully saturated rings. The first-order valence-corrected chi connectivity index (χ1v) is 9.80. The van der Waals surface area contributed by atoms with Crippen molar-refractivity contribution in [3.63, 3.8) is 0 Å². The molecule has 0 amide bonds. The molecule has 2 N–H and O–H groups in total. The van der Waals surface area contributed by atoms with Crippen molar-refractivity contribution in [1.82, 2.24) is 0 Å². The summed E-state index contributed by atoms with van der Waals surface area (Å²) in [6.07, 6.45) is 4.81. The second-order valence-electron chi connectivity index (χ2n) is 6.91. The number of thioether (sulfide) groups is 1. The monoisotopic (exact) mass is 347 g/mol. The predicted molar refractivity (Wildman–Crippen MR) is 102 cm³/mol. The van der Waals surface area contributed by atoms with E-state index in [0.717, 1.165) is 5.56 Å². The molecule has 0 spiro atoms. The molecule has 0 aromatic heterocycles. The van der Waals surface area contributed by atoms with Crippen LogP contribution in [0.3, 0.4) is 0 Å². The van der Waals surface area contributed by atoms with Gasteiger partial charge >= 0.3 is 5.97 Å². The van der Waals surface area contributed by atoms with Crippen LogP contribution in [0.4, 0.5) is 0 Å². The Bertz CT molecular complexity index is 556. The minimum atomic E-state index is -0.566. The summed E-state index contributed by atoms with van der Waals surface area (Å²) in [4.78, 5) is 12.1. The number of nitrogens with two attached hydrogens (primary N) is 1. The molecule has 132 valence electrons.